The number of nitrogens with one attached hydrogen (secondary N) is 3. The highest BCUT2D eigenvalue weighted by Crippen LogP contribution is 2.18. The smallest absolute Gasteiger partial charge is 0.326 e. The van der Waals surface area contributed by atoms with Gasteiger partial charge in [0.1, 0.15) is 16.8 Å². The Morgan fingerprint density at radius 1 is 1.22 bits per heavy atom. The number of sulfonamides is 1. The minimum Gasteiger partial charge on any atom is -0.465 e. The highest BCUT2D eigenvalue weighted by Gasteiger charge is 2.29. The van der Waals surface area contributed by atoms with E-state index in [1.807, 2.05) is 4.90 Å². The second-order valence-corrected chi connectivity index (χ2v) is 9.83. The maximum absolute atomic E-state index is 12.6. The fourth-order valence-electron chi connectivity index (χ4n) is 3.57. The minimum absolute atomic E-state index is 0.0220. The Bertz CT molecular complexity index is 1240. The second-order valence-electron chi connectivity index (χ2n) is 8.12. The van der Waals surface area contributed by atoms with Crippen LogP contribution in [0.1, 0.15) is 12.5 Å². The Balaban J connectivity index is 1.55. The van der Waals surface area contributed by atoms with Crippen molar-refractivity contribution in [2.24, 2.45) is 5.73 Å². The molecule has 0 spiro atoms. The van der Waals surface area contributed by atoms with E-state index in [4.69, 9.17) is 15.9 Å². The molecule has 2 aromatic rings. The van der Waals surface area contributed by atoms with Crippen molar-refractivity contribution < 1.29 is 27.5 Å². The number of carbonyl (C=O) groups excluding carboxylic acids is 3. The largest absolute Gasteiger partial charge is 0.465 e. The van der Waals surface area contributed by atoms with E-state index in [2.05, 4.69) is 15.0 Å². The number of hydrogen-bond acceptors (Lipinski definition) is 9. The van der Waals surface area contributed by atoms with E-state index < -0.39 is 27.9 Å². The van der Waals surface area contributed by atoms with Crippen LogP contribution in [0.3, 0.4) is 0 Å². The Morgan fingerprint density at radius 2 is 1.95 bits per heavy atom. The summed E-state index contributed by atoms with van der Waals surface area (Å²) >= 11 is 0. The van der Waals surface area contributed by atoms with Crippen LogP contribution < -0.4 is 20.7 Å². The normalized spacial score (nSPS) is 14.7. The van der Waals surface area contributed by atoms with E-state index in [1.165, 1.54) is 23.2 Å². The van der Waals surface area contributed by atoms with Gasteiger partial charge in [-0.3, -0.25) is 24.8 Å². The molecule has 1 aromatic carbocycles. The van der Waals surface area contributed by atoms with Crippen LogP contribution in [0.5, 0.6) is 0 Å². The fraction of sp³-hybridized carbons (Fsp3) is 0.348. The van der Waals surface area contributed by atoms with Gasteiger partial charge in [-0.15, -0.1) is 0 Å². The van der Waals surface area contributed by atoms with Gasteiger partial charge < -0.3 is 25.6 Å². The van der Waals surface area contributed by atoms with Crippen LogP contribution in [-0.4, -0.2) is 87.3 Å². The number of piperazine rings is 1. The zero-order valence-corrected chi connectivity index (χ0v) is 21.0. The standard InChI is InChI=1S/C23H29N7O6S/c1-2-36-23(33)19(28-37(34,35)18-4-3-9-26-12-18)13-27-20(31)14-30-11-10-29(15-21(30)32)17-7-5-16(6-8-17)22(24)25/h3-9,12,19,28H,2,10-11,13-15H2,1H3,(H3,24,25)(H,27,31)/t19-/m0/s1. The lowest BCUT2D eigenvalue weighted by Crippen LogP contribution is -2.54. The first-order valence-corrected chi connectivity index (χ1v) is 12.9. The van der Waals surface area contributed by atoms with E-state index in [0.717, 1.165) is 11.9 Å². The number of anilines is 1. The van der Waals surface area contributed by atoms with Gasteiger partial charge in [0.05, 0.1) is 19.7 Å². The summed E-state index contributed by atoms with van der Waals surface area (Å²) in [6.07, 6.45) is 2.54. The molecule has 37 heavy (non-hydrogen) atoms. The SMILES string of the molecule is CCOC(=O)[C@H](CNC(=O)CN1CCN(c2ccc(C(=N)N)cc2)CC1=O)NS(=O)(=O)c1cccnc1. The number of nitrogen functional groups attached to an aromatic ring is 1. The lowest BCUT2D eigenvalue weighted by molar-refractivity contribution is -0.145. The van der Waals surface area contributed by atoms with E-state index >= 15 is 0 Å². The number of amidine groups is 1. The summed E-state index contributed by atoms with van der Waals surface area (Å²) in [5.41, 5.74) is 6.84. The molecule has 13 nitrogen and oxygen atoms in total. The van der Waals surface area contributed by atoms with Crippen molar-refractivity contribution in [1.29, 1.82) is 5.41 Å². The second kappa shape index (κ2) is 12.3. The van der Waals surface area contributed by atoms with Crippen molar-refractivity contribution in [3.63, 3.8) is 0 Å². The number of nitrogens with two attached hydrogens (primary N) is 1. The van der Waals surface area contributed by atoms with Gasteiger partial charge in [-0.05, 0) is 43.3 Å². The summed E-state index contributed by atoms with van der Waals surface area (Å²) in [5.74, 6) is -1.72. The third kappa shape index (κ3) is 7.47. The molecule has 0 aliphatic carbocycles. The van der Waals surface area contributed by atoms with Crippen LogP contribution in [0, 0.1) is 5.41 Å². The van der Waals surface area contributed by atoms with E-state index in [9.17, 15) is 22.8 Å². The molecule has 5 N–H and O–H groups in total. The number of rotatable bonds is 11. The molecule has 1 saturated heterocycles. The zero-order valence-electron chi connectivity index (χ0n) is 20.2. The number of hydrogen-bond donors (Lipinski definition) is 4. The first kappa shape index (κ1) is 27.5. The number of esters is 1. The Labute approximate surface area is 214 Å². The Hall–Kier alpha value is -4.04. The molecule has 1 atom stereocenters. The van der Waals surface area contributed by atoms with Gasteiger partial charge in [-0.1, -0.05) is 0 Å². The summed E-state index contributed by atoms with van der Waals surface area (Å²) in [5, 5.41) is 9.97. The van der Waals surface area contributed by atoms with Crippen LogP contribution in [0.15, 0.2) is 53.7 Å². The van der Waals surface area contributed by atoms with Crippen molar-refractivity contribution in [3.05, 3.63) is 54.4 Å². The van der Waals surface area contributed by atoms with Crippen LogP contribution >= 0.6 is 0 Å². The predicted molar refractivity (Wildman–Crippen MR) is 134 cm³/mol. The molecule has 1 fully saturated rings. The van der Waals surface area contributed by atoms with Crippen molar-refractivity contribution in [1.82, 2.24) is 19.9 Å². The third-order valence-corrected chi connectivity index (χ3v) is 6.97. The maximum Gasteiger partial charge on any atom is 0.326 e. The quantitative estimate of drug-likeness (QED) is 0.161. The van der Waals surface area contributed by atoms with Gasteiger partial charge >= 0.3 is 5.97 Å². The number of aromatic nitrogens is 1. The fourth-order valence-corrected chi connectivity index (χ4v) is 4.72. The molecule has 14 heteroatoms. The summed E-state index contributed by atoms with van der Waals surface area (Å²) in [4.78, 5) is 44.4. The monoisotopic (exact) mass is 531 g/mol. The Kier molecular flexibility index (Phi) is 9.14. The lowest BCUT2D eigenvalue weighted by Gasteiger charge is -2.35. The molecular weight excluding hydrogens is 502 g/mol. The number of pyridine rings is 1. The number of benzene rings is 1. The topological polar surface area (TPSA) is 188 Å². The van der Waals surface area contributed by atoms with Crippen molar-refractivity contribution in [2.45, 2.75) is 17.9 Å². The summed E-state index contributed by atoms with van der Waals surface area (Å²) < 4.78 is 32.4. The molecule has 1 aromatic heterocycles. The molecule has 3 rings (SSSR count). The summed E-state index contributed by atoms with van der Waals surface area (Å²) in [7, 11) is -4.10. The van der Waals surface area contributed by atoms with E-state index in [-0.39, 0.29) is 49.4 Å². The number of ether oxygens (including phenoxy) is 1. The number of carbonyl (C=O) groups is 3. The van der Waals surface area contributed by atoms with E-state index in [1.54, 1.807) is 31.2 Å². The van der Waals surface area contributed by atoms with Gasteiger partial charge in [0, 0.05) is 43.3 Å². The molecule has 0 unspecified atom stereocenters. The number of amides is 2. The Morgan fingerprint density at radius 3 is 2.54 bits per heavy atom. The molecule has 0 bridgehead atoms. The molecule has 0 saturated carbocycles. The van der Waals surface area contributed by atoms with Gasteiger partial charge in [0.15, 0.2) is 0 Å². The molecule has 1 aliphatic rings. The first-order valence-electron chi connectivity index (χ1n) is 11.4. The minimum atomic E-state index is -4.10. The van der Waals surface area contributed by atoms with Crippen LogP contribution in [-0.2, 0) is 29.1 Å². The van der Waals surface area contributed by atoms with Crippen LogP contribution in [0.2, 0.25) is 0 Å². The summed E-state index contributed by atoms with van der Waals surface area (Å²) in [6.45, 7) is 1.81. The average Bonchev–Trinajstić information content (AvgIpc) is 2.88. The highest BCUT2D eigenvalue weighted by atomic mass is 32.2. The van der Waals surface area contributed by atoms with Gasteiger partial charge in [0.2, 0.25) is 21.8 Å². The van der Waals surface area contributed by atoms with Gasteiger partial charge in [-0.25, -0.2) is 8.42 Å². The third-order valence-electron chi connectivity index (χ3n) is 5.51. The molecule has 1 aliphatic heterocycles. The van der Waals surface area contributed by atoms with Crippen molar-refractivity contribution in [2.75, 3.05) is 44.2 Å². The van der Waals surface area contributed by atoms with Gasteiger partial charge in [0.25, 0.3) is 0 Å². The highest BCUT2D eigenvalue weighted by molar-refractivity contribution is 7.89. The zero-order chi connectivity index (χ0) is 27.0. The van der Waals surface area contributed by atoms with Crippen molar-refractivity contribution in [3.8, 4) is 0 Å². The average molecular weight is 532 g/mol. The van der Waals surface area contributed by atoms with E-state index in [0.29, 0.717) is 12.1 Å². The van der Waals surface area contributed by atoms with Gasteiger partial charge in [-0.2, -0.15) is 4.72 Å². The number of nitrogens with zero attached hydrogens (tertiary/aromatic N) is 3. The molecule has 2 heterocycles. The predicted octanol–water partition coefficient (Wildman–Crippen LogP) is -0.959. The maximum atomic E-state index is 12.6. The lowest BCUT2D eigenvalue weighted by atomic mass is 10.1. The first-order chi connectivity index (χ1) is 17.6. The van der Waals surface area contributed by atoms with Crippen LogP contribution in [0.4, 0.5) is 5.69 Å². The summed E-state index contributed by atoms with van der Waals surface area (Å²) in [6, 6.07) is 8.32. The van der Waals surface area contributed by atoms with Crippen LogP contribution in [0.25, 0.3) is 0 Å². The molecule has 198 valence electrons. The molecule has 2 amide bonds. The molecule has 0 radical (unpaired) electrons. The van der Waals surface area contributed by atoms with Crippen molar-refractivity contribution >= 4 is 39.3 Å². The molecular formula is C23H29N7O6S.